The smallest absolute Gasteiger partial charge is 0.187 e. The van der Waals surface area contributed by atoms with Gasteiger partial charge < -0.3 is 4.74 Å². The predicted molar refractivity (Wildman–Crippen MR) is 114 cm³/mol. The van der Waals surface area contributed by atoms with Crippen LogP contribution in [0.1, 0.15) is 0 Å². The molecule has 5 heteroatoms. The van der Waals surface area contributed by atoms with Crippen molar-refractivity contribution >= 4 is 10.9 Å². The fourth-order valence-electron chi connectivity index (χ4n) is 3.39. The van der Waals surface area contributed by atoms with E-state index >= 15 is 0 Å². The summed E-state index contributed by atoms with van der Waals surface area (Å²) in [4.78, 5) is 4.82. The summed E-state index contributed by atoms with van der Waals surface area (Å²) in [6.45, 7) is 0. The maximum Gasteiger partial charge on any atom is 0.187 e. The number of aromatic nitrogens is 4. The summed E-state index contributed by atoms with van der Waals surface area (Å²) >= 11 is 0. The van der Waals surface area contributed by atoms with Gasteiger partial charge in [-0.15, -0.1) is 10.2 Å². The second-order valence-electron chi connectivity index (χ2n) is 6.64. The zero-order valence-corrected chi connectivity index (χ0v) is 15.9. The zero-order chi connectivity index (χ0) is 19.6. The molecule has 0 aliphatic carbocycles. The first-order valence-electron chi connectivity index (χ1n) is 9.35. The van der Waals surface area contributed by atoms with Gasteiger partial charge in [-0.3, -0.25) is 4.57 Å². The van der Waals surface area contributed by atoms with Gasteiger partial charge in [0.2, 0.25) is 0 Å². The highest BCUT2D eigenvalue weighted by molar-refractivity contribution is 5.81. The minimum atomic E-state index is 0.702. The van der Waals surface area contributed by atoms with Gasteiger partial charge in [0.25, 0.3) is 0 Å². The molecule has 0 N–H and O–H groups in total. The van der Waals surface area contributed by atoms with E-state index in [0.717, 1.165) is 39.4 Å². The lowest BCUT2D eigenvalue weighted by Gasteiger charge is -2.11. The van der Waals surface area contributed by atoms with E-state index in [1.165, 1.54) is 0 Å². The molecule has 29 heavy (non-hydrogen) atoms. The Morgan fingerprint density at radius 3 is 2.21 bits per heavy atom. The topological polar surface area (TPSA) is 52.8 Å². The highest BCUT2D eigenvalue weighted by Gasteiger charge is 2.18. The lowest BCUT2D eigenvalue weighted by atomic mass is 10.1. The van der Waals surface area contributed by atoms with Crippen molar-refractivity contribution in [2.45, 2.75) is 0 Å². The molecular formula is C24H18N4O. The SMILES string of the molecule is COc1ccc(-c2nnc(-c3ccc4ccccc4n3)n2-c2ccccc2)cc1. The monoisotopic (exact) mass is 378 g/mol. The number of nitrogens with zero attached hydrogens (tertiary/aromatic N) is 4. The van der Waals surface area contributed by atoms with Crippen LogP contribution in [-0.4, -0.2) is 26.9 Å². The molecule has 140 valence electrons. The standard InChI is InChI=1S/C24H18N4O/c1-29-20-14-11-18(12-15-20)23-26-27-24(28(23)19-8-3-2-4-9-19)22-16-13-17-7-5-6-10-21(17)25-22/h2-16H,1H3. The van der Waals surface area contributed by atoms with Crippen molar-refractivity contribution in [2.75, 3.05) is 7.11 Å². The van der Waals surface area contributed by atoms with E-state index in [1.54, 1.807) is 7.11 Å². The van der Waals surface area contributed by atoms with Crippen molar-refractivity contribution in [3.05, 3.63) is 91.0 Å². The Labute approximate surface area is 168 Å². The third-order valence-corrected chi connectivity index (χ3v) is 4.85. The van der Waals surface area contributed by atoms with Crippen LogP contribution in [-0.2, 0) is 0 Å². The van der Waals surface area contributed by atoms with E-state index in [1.807, 2.05) is 83.4 Å². The van der Waals surface area contributed by atoms with Crippen molar-refractivity contribution in [1.82, 2.24) is 19.7 Å². The lowest BCUT2D eigenvalue weighted by molar-refractivity contribution is 0.415. The molecule has 0 radical (unpaired) electrons. The van der Waals surface area contributed by atoms with Crippen molar-refractivity contribution in [3.8, 4) is 34.3 Å². The van der Waals surface area contributed by atoms with Crippen molar-refractivity contribution in [2.24, 2.45) is 0 Å². The number of hydrogen-bond donors (Lipinski definition) is 0. The minimum absolute atomic E-state index is 0.702. The van der Waals surface area contributed by atoms with Crippen LogP contribution >= 0.6 is 0 Å². The van der Waals surface area contributed by atoms with Crippen molar-refractivity contribution < 1.29 is 4.74 Å². The van der Waals surface area contributed by atoms with Gasteiger partial charge in [0.05, 0.1) is 12.6 Å². The molecule has 0 saturated carbocycles. The highest BCUT2D eigenvalue weighted by Crippen LogP contribution is 2.29. The fourth-order valence-corrected chi connectivity index (χ4v) is 3.39. The molecule has 0 aliphatic heterocycles. The van der Waals surface area contributed by atoms with Crippen LogP contribution in [0.15, 0.2) is 91.0 Å². The van der Waals surface area contributed by atoms with E-state index in [-0.39, 0.29) is 0 Å². The second-order valence-corrected chi connectivity index (χ2v) is 6.64. The summed E-state index contributed by atoms with van der Waals surface area (Å²) in [6.07, 6.45) is 0. The largest absolute Gasteiger partial charge is 0.497 e. The van der Waals surface area contributed by atoms with E-state index in [4.69, 9.17) is 9.72 Å². The van der Waals surface area contributed by atoms with Crippen LogP contribution in [0.25, 0.3) is 39.5 Å². The lowest BCUT2D eigenvalue weighted by Crippen LogP contribution is -2.01. The van der Waals surface area contributed by atoms with Gasteiger partial charge in [-0.25, -0.2) is 4.98 Å². The van der Waals surface area contributed by atoms with Crippen LogP contribution in [0.3, 0.4) is 0 Å². The average Bonchev–Trinajstić information content (AvgIpc) is 3.24. The Bertz CT molecular complexity index is 1280. The number of hydrogen-bond acceptors (Lipinski definition) is 4. The Kier molecular flexibility index (Phi) is 4.26. The molecule has 0 saturated heterocycles. The number of pyridine rings is 1. The molecule has 0 atom stereocenters. The average molecular weight is 378 g/mol. The number of para-hydroxylation sites is 2. The van der Waals surface area contributed by atoms with Gasteiger partial charge >= 0.3 is 0 Å². The van der Waals surface area contributed by atoms with E-state index in [0.29, 0.717) is 5.82 Å². The minimum Gasteiger partial charge on any atom is -0.497 e. The van der Waals surface area contributed by atoms with Crippen molar-refractivity contribution in [3.63, 3.8) is 0 Å². The van der Waals surface area contributed by atoms with Gasteiger partial charge in [-0.1, -0.05) is 42.5 Å². The summed E-state index contributed by atoms with van der Waals surface area (Å²) in [7, 11) is 1.66. The van der Waals surface area contributed by atoms with Gasteiger partial charge in [-0.2, -0.15) is 0 Å². The quantitative estimate of drug-likeness (QED) is 0.434. The van der Waals surface area contributed by atoms with Crippen LogP contribution in [0.4, 0.5) is 0 Å². The third kappa shape index (κ3) is 3.12. The molecule has 3 aromatic carbocycles. The third-order valence-electron chi connectivity index (χ3n) is 4.85. The first kappa shape index (κ1) is 17.1. The molecule has 0 unspecified atom stereocenters. The maximum absolute atomic E-state index is 5.28. The van der Waals surface area contributed by atoms with Gasteiger partial charge in [0, 0.05) is 16.6 Å². The van der Waals surface area contributed by atoms with Crippen LogP contribution in [0.2, 0.25) is 0 Å². The second kappa shape index (κ2) is 7.20. The zero-order valence-electron chi connectivity index (χ0n) is 15.9. The van der Waals surface area contributed by atoms with E-state index in [2.05, 4.69) is 22.3 Å². The summed E-state index contributed by atoms with van der Waals surface area (Å²) in [5, 5.41) is 10.1. The Morgan fingerprint density at radius 2 is 1.41 bits per heavy atom. The number of rotatable bonds is 4. The molecule has 5 aromatic rings. The van der Waals surface area contributed by atoms with Crippen LogP contribution in [0, 0.1) is 0 Å². The summed E-state index contributed by atoms with van der Waals surface area (Å²) in [5.74, 6) is 2.26. The number of benzene rings is 3. The number of methoxy groups -OCH3 is 1. The Balaban J connectivity index is 1.71. The van der Waals surface area contributed by atoms with Gasteiger partial charge in [0.1, 0.15) is 11.4 Å². The molecule has 5 nitrogen and oxygen atoms in total. The van der Waals surface area contributed by atoms with Crippen molar-refractivity contribution in [1.29, 1.82) is 0 Å². The molecule has 2 heterocycles. The molecule has 2 aromatic heterocycles. The van der Waals surface area contributed by atoms with Crippen LogP contribution < -0.4 is 4.74 Å². The number of ether oxygens (including phenoxy) is 1. The molecule has 0 amide bonds. The van der Waals surface area contributed by atoms with E-state index in [9.17, 15) is 0 Å². The predicted octanol–water partition coefficient (Wildman–Crippen LogP) is 5.16. The number of fused-ring (bicyclic) bond motifs is 1. The maximum atomic E-state index is 5.28. The Morgan fingerprint density at radius 1 is 0.690 bits per heavy atom. The fraction of sp³-hybridized carbons (Fsp3) is 0.0417. The first-order valence-corrected chi connectivity index (χ1v) is 9.35. The molecular weight excluding hydrogens is 360 g/mol. The Hall–Kier alpha value is -3.99. The molecule has 0 bridgehead atoms. The van der Waals surface area contributed by atoms with Gasteiger partial charge in [-0.05, 0) is 48.5 Å². The molecule has 0 aliphatic rings. The summed E-state index contributed by atoms with van der Waals surface area (Å²) < 4.78 is 7.32. The first-order chi connectivity index (χ1) is 14.3. The molecule has 5 rings (SSSR count). The normalized spacial score (nSPS) is 10.9. The molecule has 0 fully saturated rings. The van der Waals surface area contributed by atoms with Crippen LogP contribution in [0.5, 0.6) is 5.75 Å². The van der Waals surface area contributed by atoms with Gasteiger partial charge in [0.15, 0.2) is 11.6 Å². The molecule has 0 spiro atoms. The highest BCUT2D eigenvalue weighted by atomic mass is 16.5. The summed E-state index contributed by atoms with van der Waals surface area (Å²) in [5.41, 5.74) is 3.64. The summed E-state index contributed by atoms with van der Waals surface area (Å²) in [6, 6.07) is 30.0. The van der Waals surface area contributed by atoms with E-state index < -0.39 is 0 Å².